The SMILES string of the molecule is CCOc1cc(/C=C2\C=C(c3ccc(Br)cc3)OC2=O)ccc1OCc1ccc(Cl)c(Cl)c1. The Kier molecular flexibility index (Phi) is 7.43. The van der Waals surface area contributed by atoms with Crippen molar-refractivity contribution in [1.82, 2.24) is 0 Å². The van der Waals surface area contributed by atoms with E-state index < -0.39 is 5.97 Å². The Morgan fingerprint density at radius 1 is 0.939 bits per heavy atom. The van der Waals surface area contributed by atoms with Crippen molar-refractivity contribution in [2.75, 3.05) is 6.61 Å². The fourth-order valence-electron chi connectivity index (χ4n) is 3.22. The molecule has 4 rings (SSSR count). The maximum Gasteiger partial charge on any atom is 0.343 e. The van der Waals surface area contributed by atoms with Gasteiger partial charge in [0.15, 0.2) is 11.5 Å². The summed E-state index contributed by atoms with van der Waals surface area (Å²) in [4.78, 5) is 12.4. The minimum Gasteiger partial charge on any atom is -0.490 e. The van der Waals surface area contributed by atoms with Gasteiger partial charge >= 0.3 is 5.97 Å². The van der Waals surface area contributed by atoms with Crippen molar-refractivity contribution in [2.45, 2.75) is 13.5 Å². The first-order valence-electron chi connectivity index (χ1n) is 10.2. The Morgan fingerprint density at radius 2 is 1.73 bits per heavy atom. The summed E-state index contributed by atoms with van der Waals surface area (Å²) >= 11 is 15.5. The molecule has 168 valence electrons. The largest absolute Gasteiger partial charge is 0.490 e. The summed E-state index contributed by atoms with van der Waals surface area (Å²) < 4.78 is 18.1. The van der Waals surface area contributed by atoms with E-state index in [1.54, 1.807) is 24.3 Å². The lowest BCUT2D eigenvalue weighted by molar-refractivity contribution is -0.130. The Bertz CT molecular complexity index is 1250. The van der Waals surface area contributed by atoms with Gasteiger partial charge in [0.25, 0.3) is 0 Å². The molecule has 1 aliphatic rings. The molecular weight excluding hydrogens is 527 g/mol. The van der Waals surface area contributed by atoms with Crippen LogP contribution in [0.25, 0.3) is 11.8 Å². The second kappa shape index (κ2) is 10.5. The molecule has 0 fully saturated rings. The minimum atomic E-state index is -0.397. The van der Waals surface area contributed by atoms with Gasteiger partial charge in [0.05, 0.1) is 22.2 Å². The van der Waals surface area contributed by atoms with Crippen molar-refractivity contribution in [3.63, 3.8) is 0 Å². The topological polar surface area (TPSA) is 44.8 Å². The quantitative estimate of drug-likeness (QED) is 0.225. The van der Waals surface area contributed by atoms with Gasteiger partial charge in [-0.15, -0.1) is 0 Å². The normalized spacial score (nSPS) is 14.2. The monoisotopic (exact) mass is 544 g/mol. The Labute approximate surface area is 210 Å². The third-order valence-corrected chi connectivity index (χ3v) is 6.09. The first kappa shape index (κ1) is 23.4. The first-order valence-corrected chi connectivity index (χ1v) is 11.7. The third-order valence-electron chi connectivity index (χ3n) is 4.82. The number of ether oxygens (including phenoxy) is 3. The maximum atomic E-state index is 12.4. The Morgan fingerprint density at radius 3 is 2.45 bits per heavy atom. The van der Waals surface area contributed by atoms with Crippen LogP contribution in [-0.4, -0.2) is 12.6 Å². The van der Waals surface area contributed by atoms with E-state index >= 15 is 0 Å². The van der Waals surface area contributed by atoms with Crippen LogP contribution in [0.1, 0.15) is 23.6 Å². The molecule has 0 saturated heterocycles. The molecule has 0 aromatic heterocycles. The van der Waals surface area contributed by atoms with Crippen molar-refractivity contribution in [3.8, 4) is 11.5 Å². The van der Waals surface area contributed by atoms with Crippen LogP contribution in [0.3, 0.4) is 0 Å². The predicted molar refractivity (Wildman–Crippen MR) is 135 cm³/mol. The van der Waals surface area contributed by atoms with E-state index in [-0.39, 0.29) is 0 Å². The molecule has 0 radical (unpaired) electrons. The smallest absolute Gasteiger partial charge is 0.343 e. The summed E-state index contributed by atoms with van der Waals surface area (Å²) in [6, 6.07) is 18.4. The van der Waals surface area contributed by atoms with Crippen LogP contribution in [-0.2, 0) is 16.1 Å². The van der Waals surface area contributed by atoms with Gasteiger partial charge in [0.1, 0.15) is 12.4 Å². The van der Waals surface area contributed by atoms with E-state index in [4.69, 9.17) is 37.4 Å². The van der Waals surface area contributed by atoms with Crippen molar-refractivity contribution in [2.24, 2.45) is 0 Å². The molecule has 0 spiro atoms. The zero-order chi connectivity index (χ0) is 23.4. The van der Waals surface area contributed by atoms with Crippen LogP contribution in [0.4, 0.5) is 0 Å². The van der Waals surface area contributed by atoms with Crippen LogP contribution in [0.15, 0.2) is 76.8 Å². The van der Waals surface area contributed by atoms with Crippen LogP contribution in [0, 0.1) is 0 Å². The lowest BCUT2D eigenvalue weighted by Crippen LogP contribution is -2.00. The molecule has 0 saturated carbocycles. The van der Waals surface area contributed by atoms with Gasteiger partial charge < -0.3 is 14.2 Å². The minimum absolute atomic E-state index is 0.309. The number of cyclic esters (lactones) is 1. The van der Waals surface area contributed by atoms with E-state index in [0.717, 1.165) is 21.2 Å². The number of rotatable bonds is 7. The van der Waals surface area contributed by atoms with Crippen LogP contribution >= 0.6 is 39.1 Å². The highest BCUT2D eigenvalue weighted by Crippen LogP contribution is 2.33. The molecule has 7 heteroatoms. The van der Waals surface area contributed by atoms with E-state index in [9.17, 15) is 4.79 Å². The van der Waals surface area contributed by atoms with Gasteiger partial charge in [-0.1, -0.05) is 63.4 Å². The highest BCUT2D eigenvalue weighted by Gasteiger charge is 2.22. The molecule has 0 aliphatic carbocycles. The molecule has 1 heterocycles. The molecule has 33 heavy (non-hydrogen) atoms. The second-order valence-corrected chi connectivity index (χ2v) is 8.91. The first-order chi connectivity index (χ1) is 15.9. The van der Waals surface area contributed by atoms with Gasteiger partial charge in [-0.05, 0) is 66.6 Å². The molecule has 3 aromatic rings. The van der Waals surface area contributed by atoms with Crippen molar-refractivity contribution < 1.29 is 19.0 Å². The molecule has 0 amide bonds. The van der Waals surface area contributed by atoms with Gasteiger partial charge in [-0.3, -0.25) is 0 Å². The fraction of sp³-hybridized carbons (Fsp3) is 0.115. The Balaban J connectivity index is 1.55. The summed E-state index contributed by atoms with van der Waals surface area (Å²) in [6.07, 6.45) is 3.50. The molecule has 0 bridgehead atoms. The second-order valence-electron chi connectivity index (χ2n) is 7.18. The number of carbonyl (C=O) groups is 1. The van der Waals surface area contributed by atoms with Gasteiger partial charge in [-0.2, -0.15) is 0 Å². The average molecular weight is 546 g/mol. The summed E-state index contributed by atoms with van der Waals surface area (Å²) in [7, 11) is 0. The molecule has 0 atom stereocenters. The maximum absolute atomic E-state index is 12.4. The molecular formula is C26H19BrCl2O4. The number of hydrogen-bond donors (Lipinski definition) is 0. The van der Waals surface area contributed by atoms with E-state index in [1.807, 2.05) is 55.5 Å². The number of hydrogen-bond acceptors (Lipinski definition) is 4. The number of halogens is 3. The van der Waals surface area contributed by atoms with Crippen molar-refractivity contribution in [1.29, 1.82) is 0 Å². The Hall–Kier alpha value is -2.73. The summed E-state index contributed by atoms with van der Waals surface area (Å²) in [5.74, 6) is 1.29. The molecule has 0 N–H and O–H groups in total. The standard InChI is InChI=1S/C26H19BrCl2O4/c1-2-31-25-13-16(4-10-23(25)32-15-17-3-9-21(28)22(29)12-17)11-19-14-24(33-26(19)30)18-5-7-20(27)8-6-18/h3-14H,2,15H2,1H3/b19-11+. The molecule has 3 aromatic carbocycles. The van der Waals surface area contributed by atoms with Gasteiger partial charge in [-0.25, -0.2) is 4.79 Å². The average Bonchev–Trinajstić information content (AvgIpc) is 3.16. The van der Waals surface area contributed by atoms with E-state index in [2.05, 4.69) is 15.9 Å². The van der Waals surface area contributed by atoms with Crippen molar-refractivity contribution in [3.05, 3.63) is 104 Å². The van der Waals surface area contributed by atoms with E-state index in [0.29, 0.717) is 46.1 Å². The number of esters is 1. The fourth-order valence-corrected chi connectivity index (χ4v) is 3.80. The van der Waals surface area contributed by atoms with Crippen LogP contribution in [0.2, 0.25) is 10.0 Å². The van der Waals surface area contributed by atoms with Gasteiger partial charge in [0, 0.05) is 10.0 Å². The third kappa shape index (κ3) is 5.80. The number of benzene rings is 3. The van der Waals surface area contributed by atoms with Crippen LogP contribution in [0.5, 0.6) is 11.5 Å². The van der Waals surface area contributed by atoms with Crippen LogP contribution < -0.4 is 9.47 Å². The highest BCUT2D eigenvalue weighted by atomic mass is 79.9. The predicted octanol–water partition coefficient (Wildman–Crippen LogP) is 7.71. The summed E-state index contributed by atoms with van der Waals surface area (Å²) in [6.45, 7) is 2.68. The molecule has 0 unspecified atom stereocenters. The van der Waals surface area contributed by atoms with Gasteiger partial charge in [0.2, 0.25) is 0 Å². The summed E-state index contributed by atoms with van der Waals surface area (Å²) in [5.41, 5.74) is 2.97. The lowest BCUT2D eigenvalue weighted by Gasteiger charge is -2.13. The zero-order valence-electron chi connectivity index (χ0n) is 17.6. The molecule has 4 nitrogen and oxygen atoms in total. The lowest BCUT2D eigenvalue weighted by atomic mass is 10.1. The number of carbonyl (C=O) groups excluding carboxylic acids is 1. The highest BCUT2D eigenvalue weighted by molar-refractivity contribution is 9.10. The zero-order valence-corrected chi connectivity index (χ0v) is 20.7. The van der Waals surface area contributed by atoms with Crippen molar-refractivity contribution >= 4 is 56.9 Å². The van der Waals surface area contributed by atoms with E-state index in [1.165, 1.54) is 0 Å². The molecule has 1 aliphatic heterocycles. The summed E-state index contributed by atoms with van der Waals surface area (Å²) in [5, 5.41) is 0.972.